The monoisotopic (exact) mass is 464 g/mol. The van der Waals surface area contributed by atoms with Crippen LogP contribution in [0.2, 0.25) is 0 Å². The van der Waals surface area contributed by atoms with Crippen molar-refractivity contribution in [3.63, 3.8) is 0 Å². The average Bonchev–Trinajstić information content (AvgIpc) is 3.68. The summed E-state index contributed by atoms with van der Waals surface area (Å²) in [5, 5.41) is 22.0. The van der Waals surface area contributed by atoms with Gasteiger partial charge in [0.2, 0.25) is 5.91 Å². The number of phenols is 1. The summed E-state index contributed by atoms with van der Waals surface area (Å²) < 4.78 is 16.6. The minimum atomic E-state index is -0.661. The molecule has 1 unspecified atom stereocenters. The predicted molar refractivity (Wildman–Crippen MR) is 126 cm³/mol. The van der Waals surface area contributed by atoms with E-state index >= 15 is 0 Å². The molecule has 0 spiro atoms. The highest BCUT2D eigenvalue weighted by molar-refractivity contribution is 6.01. The molecule has 0 aliphatic heterocycles. The van der Waals surface area contributed by atoms with Crippen molar-refractivity contribution in [3.8, 4) is 17.2 Å². The van der Waals surface area contributed by atoms with Crippen LogP contribution in [-0.4, -0.2) is 48.5 Å². The highest BCUT2D eigenvalue weighted by Crippen LogP contribution is 2.50. The molecule has 8 heteroatoms. The van der Waals surface area contributed by atoms with Gasteiger partial charge < -0.3 is 29.7 Å². The lowest BCUT2D eigenvalue weighted by atomic mass is 9.94. The van der Waals surface area contributed by atoms with Gasteiger partial charge in [-0.1, -0.05) is 30.3 Å². The van der Waals surface area contributed by atoms with Crippen LogP contribution in [-0.2, 0) is 14.9 Å². The molecule has 34 heavy (non-hydrogen) atoms. The van der Waals surface area contributed by atoms with E-state index in [4.69, 9.17) is 14.2 Å². The Bertz CT molecular complexity index is 1140. The van der Waals surface area contributed by atoms with Crippen molar-refractivity contribution >= 4 is 11.7 Å². The molecule has 0 bridgehead atoms. The van der Waals surface area contributed by atoms with Gasteiger partial charge in [0.05, 0.1) is 32.8 Å². The molecule has 1 heterocycles. The first kappa shape index (κ1) is 23.5. The molecule has 0 radical (unpaired) electrons. The summed E-state index contributed by atoms with van der Waals surface area (Å²) in [6.07, 6.45) is 2.57. The van der Waals surface area contributed by atoms with E-state index in [-0.39, 0.29) is 24.9 Å². The Kier molecular flexibility index (Phi) is 7.00. The fourth-order valence-corrected chi connectivity index (χ4v) is 4.04. The molecular weight excluding hydrogens is 436 g/mol. The van der Waals surface area contributed by atoms with Gasteiger partial charge in [-0.25, -0.2) is 4.98 Å². The number of nitrogens with one attached hydrogen (secondary N) is 1. The van der Waals surface area contributed by atoms with E-state index in [1.807, 2.05) is 30.3 Å². The van der Waals surface area contributed by atoms with E-state index in [1.165, 1.54) is 7.11 Å². The van der Waals surface area contributed by atoms with E-state index in [0.29, 0.717) is 30.2 Å². The second kappa shape index (κ2) is 10.1. The molecular formula is C26H28N2O6. The highest BCUT2D eigenvalue weighted by atomic mass is 16.5. The number of para-hydroxylation sites is 1. The lowest BCUT2D eigenvalue weighted by Crippen LogP contribution is -2.28. The lowest BCUT2D eigenvalue weighted by molar-refractivity contribution is -0.118. The Morgan fingerprint density at radius 3 is 2.50 bits per heavy atom. The summed E-state index contributed by atoms with van der Waals surface area (Å²) in [6, 6.07) is 16.1. The predicted octanol–water partition coefficient (Wildman–Crippen LogP) is 3.57. The Hall–Kier alpha value is -3.62. The third kappa shape index (κ3) is 4.69. The molecule has 1 saturated carbocycles. The zero-order chi connectivity index (χ0) is 24.1. The van der Waals surface area contributed by atoms with Gasteiger partial charge in [0, 0.05) is 17.3 Å². The number of ether oxygens (including phenoxy) is 3. The molecule has 1 aliphatic carbocycles. The Labute approximate surface area is 198 Å². The number of anilines is 1. The van der Waals surface area contributed by atoms with Crippen molar-refractivity contribution in [1.82, 2.24) is 4.98 Å². The summed E-state index contributed by atoms with van der Waals surface area (Å²) in [7, 11) is 3.07. The molecule has 1 aromatic heterocycles. The van der Waals surface area contributed by atoms with Crippen LogP contribution >= 0.6 is 0 Å². The van der Waals surface area contributed by atoms with Crippen molar-refractivity contribution in [1.29, 1.82) is 0 Å². The number of aliphatic hydroxyl groups is 1. The van der Waals surface area contributed by atoms with Crippen molar-refractivity contribution in [3.05, 3.63) is 77.5 Å². The van der Waals surface area contributed by atoms with Crippen LogP contribution in [0.1, 0.15) is 35.6 Å². The largest absolute Gasteiger partial charge is 0.504 e. The topological polar surface area (TPSA) is 110 Å². The molecule has 3 N–H and O–H groups in total. The van der Waals surface area contributed by atoms with E-state index in [2.05, 4.69) is 10.3 Å². The number of methoxy groups -OCH3 is 2. The fraction of sp³-hybridized carbons (Fsp3) is 0.308. The third-order valence-corrected chi connectivity index (χ3v) is 6.04. The summed E-state index contributed by atoms with van der Waals surface area (Å²) in [4.78, 5) is 17.6. The first-order valence-electron chi connectivity index (χ1n) is 11.0. The van der Waals surface area contributed by atoms with Gasteiger partial charge in [-0.3, -0.25) is 4.79 Å². The molecule has 8 nitrogen and oxygen atoms in total. The van der Waals surface area contributed by atoms with Gasteiger partial charge in [0.25, 0.3) is 0 Å². The number of aromatic nitrogens is 1. The SMILES string of the molecule is COc1cc(C2(C(=O)Nc3ccc(C(OCCO)c4ccccc4OC)cn3)CC2)ccc1O. The Balaban J connectivity index is 1.53. The van der Waals surface area contributed by atoms with Crippen molar-refractivity contribution in [2.75, 3.05) is 32.8 Å². The lowest BCUT2D eigenvalue weighted by Gasteiger charge is -2.21. The van der Waals surface area contributed by atoms with Gasteiger partial charge in [0.15, 0.2) is 11.5 Å². The standard InChI is InChI=1S/C26H28N2O6/c1-32-21-6-4-3-5-19(21)24(34-14-13-29)17-7-10-23(27-16-17)28-25(31)26(11-12-26)18-8-9-20(30)22(15-18)33-2/h3-10,15-16,24,29-30H,11-14H2,1-2H3,(H,27,28,31). The second-order valence-electron chi connectivity index (χ2n) is 8.12. The Morgan fingerprint density at radius 2 is 1.85 bits per heavy atom. The summed E-state index contributed by atoms with van der Waals surface area (Å²) >= 11 is 0. The fourth-order valence-electron chi connectivity index (χ4n) is 4.04. The number of carbonyl (C=O) groups excluding carboxylic acids is 1. The normalized spacial score (nSPS) is 14.8. The number of pyridine rings is 1. The maximum Gasteiger partial charge on any atom is 0.236 e. The van der Waals surface area contributed by atoms with E-state index in [1.54, 1.807) is 37.6 Å². The minimum Gasteiger partial charge on any atom is -0.504 e. The van der Waals surface area contributed by atoms with Gasteiger partial charge in [-0.15, -0.1) is 0 Å². The number of hydrogen-bond acceptors (Lipinski definition) is 7. The molecule has 1 amide bonds. The van der Waals surface area contributed by atoms with Crippen LogP contribution < -0.4 is 14.8 Å². The quantitative estimate of drug-likeness (QED) is 0.421. The minimum absolute atomic E-state index is 0.0349. The summed E-state index contributed by atoms with van der Waals surface area (Å²) in [6.45, 7) is 0.0389. The Morgan fingerprint density at radius 1 is 1.09 bits per heavy atom. The number of nitrogens with zero attached hydrogens (tertiary/aromatic N) is 1. The van der Waals surface area contributed by atoms with Crippen LogP contribution in [0, 0.1) is 0 Å². The van der Waals surface area contributed by atoms with Gasteiger partial charge in [0.1, 0.15) is 17.7 Å². The van der Waals surface area contributed by atoms with E-state index in [0.717, 1.165) is 16.7 Å². The molecule has 0 saturated heterocycles. The first-order chi connectivity index (χ1) is 16.5. The van der Waals surface area contributed by atoms with Crippen molar-refractivity contribution in [2.24, 2.45) is 0 Å². The number of phenolic OH excluding ortho intramolecular Hbond substituents is 1. The second-order valence-corrected chi connectivity index (χ2v) is 8.12. The zero-order valence-electron chi connectivity index (χ0n) is 19.2. The number of benzene rings is 2. The maximum absolute atomic E-state index is 13.1. The number of aromatic hydroxyl groups is 1. The van der Waals surface area contributed by atoms with E-state index in [9.17, 15) is 15.0 Å². The molecule has 4 rings (SSSR count). The number of aliphatic hydroxyl groups excluding tert-OH is 1. The highest BCUT2D eigenvalue weighted by Gasteiger charge is 2.51. The van der Waals surface area contributed by atoms with Crippen LogP contribution in [0.15, 0.2) is 60.8 Å². The third-order valence-electron chi connectivity index (χ3n) is 6.04. The summed E-state index contributed by atoms with van der Waals surface area (Å²) in [5.41, 5.74) is 1.71. The summed E-state index contributed by atoms with van der Waals surface area (Å²) in [5.74, 6) is 1.31. The smallest absolute Gasteiger partial charge is 0.236 e. The van der Waals surface area contributed by atoms with E-state index < -0.39 is 11.5 Å². The van der Waals surface area contributed by atoms with Gasteiger partial charge >= 0.3 is 0 Å². The average molecular weight is 465 g/mol. The molecule has 3 aromatic rings. The number of rotatable bonds is 10. The number of amides is 1. The maximum atomic E-state index is 13.1. The zero-order valence-corrected chi connectivity index (χ0v) is 19.2. The van der Waals surface area contributed by atoms with Crippen molar-refractivity contribution in [2.45, 2.75) is 24.4 Å². The molecule has 1 fully saturated rings. The number of carbonyl (C=O) groups is 1. The van der Waals surface area contributed by atoms with Crippen LogP contribution in [0.5, 0.6) is 17.2 Å². The van der Waals surface area contributed by atoms with Crippen molar-refractivity contribution < 1.29 is 29.2 Å². The molecule has 178 valence electrons. The molecule has 2 aromatic carbocycles. The molecule has 1 aliphatic rings. The number of hydrogen-bond donors (Lipinski definition) is 3. The van der Waals surface area contributed by atoms with Crippen LogP contribution in [0.25, 0.3) is 0 Å². The van der Waals surface area contributed by atoms with Crippen LogP contribution in [0.3, 0.4) is 0 Å². The van der Waals surface area contributed by atoms with Gasteiger partial charge in [-0.2, -0.15) is 0 Å². The molecule has 1 atom stereocenters. The van der Waals surface area contributed by atoms with Crippen LogP contribution in [0.4, 0.5) is 5.82 Å². The first-order valence-corrected chi connectivity index (χ1v) is 11.0. The van der Waals surface area contributed by atoms with Gasteiger partial charge in [-0.05, 0) is 42.7 Å².